The number of carbonyl (C=O) groups excluding carboxylic acids is 1. The summed E-state index contributed by atoms with van der Waals surface area (Å²) in [5.74, 6) is -0.310. The van der Waals surface area contributed by atoms with Crippen molar-refractivity contribution in [1.29, 1.82) is 0 Å². The van der Waals surface area contributed by atoms with E-state index >= 15 is 0 Å². The second kappa shape index (κ2) is 2.90. The zero-order valence-electron chi connectivity index (χ0n) is 7.68. The molecule has 0 radical (unpaired) electrons. The maximum Gasteiger partial charge on any atom is 0.334 e. The monoisotopic (exact) mass is 170 g/mol. The fourth-order valence-electron chi connectivity index (χ4n) is 1.29. The van der Waals surface area contributed by atoms with Gasteiger partial charge in [0.2, 0.25) is 0 Å². The Labute approximate surface area is 72.0 Å². The van der Waals surface area contributed by atoms with E-state index in [-0.39, 0.29) is 12.6 Å². The third-order valence-corrected chi connectivity index (χ3v) is 2.26. The molecule has 0 saturated heterocycles. The van der Waals surface area contributed by atoms with E-state index < -0.39 is 5.60 Å². The molecule has 0 aromatic rings. The van der Waals surface area contributed by atoms with E-state index in [9.17, 15) is 4.79 Å². The van der Waals surface area contributed by atoms with E-state index in [0.717, 1.165) is 5.57 Å². The molecule has 1 heterocycles. The van der Waals surface area contributed by atoms with Crippen molar-refractivity contribution < 1.29 is 14.6 Å². The summed E-state index contributed by atoms with van der Waals surface area (Å²) in [4.78, 5) is 11.2. The Kier molecular flexibility index (Phi) is 2.24. The van der Waals surface area contributed by atoms with Crippen LogP contribution in [0.25, 0.3) is 0 Å². The summed E-state index contributed by atoms with van der Waals surface area (Å²) in [7, 11) is 0. The second-order valence-corrected chi connectivity index (χ2v) is 3.58. The predicted molar refractivity (Wildman–Crippen MR) is 44.6 cm³/mol. The predicted octanol–water partition coefficient (Wildman–Crippen LogP) is 1.02. The number of ether oxygens (including phenoxy) is 1. The Morgan fingerprint density at radius 3 is 2.58 bits per heavy atom. The quantitative estimate of drug-likeness (QED) is 0.598. The van der Waals surface area contributed by atoms with Gasteiger partial charge < -0.3 is 9.84 Å². The van der Waals surface area contributed by atoms with Gasteiger partial charge in [0, 0.05) is 12.0 Å². The third kappa shape index (κ3) is 1.50. The van der Waals surface area contributed by atoms with Gasteiger partial charge in [0.25, 0.3) is 0 Å². The molecule has 0 spiro atoms. The lowest BCUT2D eigenvalue weighted by Gasteiger charge is -2.32. The number of carbonyl (C=O) groups is 1. The molecule has 3 nitrogen and oxygen atoms in total. The van der Waals surface area contributed by atoms with Crippen LogP contribution < -0.4 is 0 Å². The Morgan fingerprint density at radius 2 is 2.17 bits per heavy atom. The van der Waals surface area contributed by atoms with Crippen LogP contribution in [0.15, 0.2) is 11.1 Å². The number of hydrogen-bond donors (Lipinski definition) is 1. The highest BCUT2D eigenvalue weighted by molar-refractivity contribution is 5.89. The summed E-state index contributed by atoms with van der Waals surface area (Å²) in [6.45, 7) is 5.25. The number of cyclic esters (lactones) is 1. The van der Waals surface area contributed by atoms with Gasteiger partial charge in [-0.05, 0) is 20.8 Å². The van der Waals surface area contributed by atoms with Gasteiger partial charge in [-0.2, -0.15) is 0 Å². The number of rotatable bonds is 1. The van der Waals surface area contributed by atoms with E-state index in [2.05, 4.69) is 0 Å². The minimum atomic E-state index is -0.708. The molecule has 0 amide bonds. The molecule has 1 aliphatic heterocycles. The van der Waals surface area contributed by atoms with E-state index in [4.69, 9.17) is 9.84 Å². The maximum absolute atomic E-state index is 11.2. The van der Waals surface area contributed by atoms with Crippen molar-refractivity contribution in [2.45, 2.75) is 32.8 Å². The zero-order chi connectivity index (χ0) is 9.35. The van der Waals surface area contributed by atoms with Crippen LogP contribution in [0, 0.1) is 0 Å². The SMILES string of the molecule is CC1=C(C)C(=O)OC(C)(CO)C1. The molecule has 1 rings (SSSR count). The first-order chi connectivity index (χ1) is 5.48. The van der Waals surface area contributed by atoms with Gasteiger partial charge in [-0.3, -0.25) is 0 Å². The fraction of sp³-hybridized carbons (Fsp3) is 0.667. The lowest BCUT2D eigenvalue weighted by molar-refractivity contribution is -0.159. The molecule has 3 heteroatoms. The molecule has 0 bridgehead atoms. The largest absolute Gasteiger partial charge is 0.453 e. The first-order valence-electron chi connectivity index (χ1n) is 3.99. The van der Waals surface area contributed by atoms with Crippen LogP contribution in [0.2, 0.25) is 0 Å². The van der Waals surface area contributed by atoms with Gasteiger partial charge >= 0.3 is 5.97 Å². The topological polar surface area (TPSA) is 46.5 Å². The lowest BCUT2D eigenvalue weighted by Crippen LogP contribution is -2.39. The van der Waals surface area contributed by atoms with Crippen LogP contribution in [0.3, 0.4) is 0 Å². The van der Waals surface area contributed by atoms with Crippen molar-refractivity contribution in [1.82, 2.24) is 0 Å². The smallest absolute Gasteiger partial charge is 0.334 e. The molecular weight excluding hydrogens is 156 g/mol. The number of aliphatic hydroxyl groups excluding tert-OH is 1. The highest BCUT2D eigenvalue weighted by Gasteiger charge is 2.34. The van der Waals surface area contributed by atoms with Gasteiger partial charge in [-0.25, -0.2) is 4.79 Å². The van der Waals surface area contributed by atoms with Crippen LogP contribution in [0.1, 0.15) is 27.2 Å². The average Bonchev–Trinajstić information content (AvgIpc) is 2.00. The van der Waals surface area contributed by atoms with Gasteiger partial charge in [-0.1, -0.05) is 5.57 Å². The minimum Gasteiger partial charge on any atom is -0.453 e. The average molecular weight is 170 g/mol. The van der Waals surface area contributed by atoms with Crippen molar-refractivity contribution >= 4 is 5.97 Å². The van der Waals surface area contributed by atoms with Gasteiger partial charge in [0.15, 0.2) is 0 Å². The lowest BCUT2D eigenvalue weighted by atomic mass is 9.92. The van der Waals surface area contributed by atoms with E-state index in [1.54, 1.807) is 13.8 Å². The number of hydrogen-bond acceptors (Lipinski definition) is 3. The van der Waals surface area contributed by atoms with Crippen molar-refractivity contribution in [3.05, 3.63) is 11.1 Å². The summed E-state index contributed by atoms with van der Waals surface area (Å²) < 4.78 is 5.06. The standard InChI is InChI=1S/C9H14O3/c1-6-4-9(3,5-10)12-8(11)7(6)2/h10H,4-5H2,1-3H3. The van der Waals surface area contributed by atoms with E-state index in [0.29, 0.717) is 12.0 Å². The highest BCUT2D eigenvalue weighted by atomic mass is 16.6. The van der Waals surface area contributed by atoms with Crippen LogP contribution in [-0.2, 0) is 9.53 Å². The van der Waals surface area contributed by atoms with Gasteiger partial charge in [0.1, 0.15) is 5.60 Å². The van der Waals surface area contributed by atoms with Crippen molar-refractivity contribution in [3.8, 4) is 0 Å². The second-order valence-electron chi connectivity index (χ2n) is 3.58. The van der Waals surface area contributed by atoms with Crippen molar-refractivity contribution in [2.75, 3.05) is 6.61 Å². The van der Waals surface area contributed by atoms with Gasteiger partial charge in [-0.15, -0.1) is 0 Å². The Bertz CT molecular complexity index is 242. The van der Waals surface area contributed by atoms with Crippen LogP contribution >= 0.6 is 0 Å². The molecule has 12 heavy (non-hydrogen) atoms. The molecule has 0 aromatic carbocycles. The summed E-state index contributed by atoms with van der Waals surface area (Å²) in [6.07, 6.45) is 0.626. The van der Waals surface area contributed by atoms with Crippen LogP contribution in [0.5, 0.6) is 0 Å². The zero-order valence-corrected chi connectivity index (χ0v) is 7.68. The maximum atomic E-state index is 11.2. The molecular formula is C9H14O3. The minimum absolute atomic E-state index is 0.122. The van der Waals surface area contributed by atoms with Crippen LogP contribution in [-0.4, -0.2) is 23.3 Å². The number of aliphatic hydroxyl groups is 1. The third-order valence-electron chi connectivity index (χ3n) is 2.26. The molecule has 0 saturated carbocycles. The molecule has 1 N–H and O–H groups in total. The van der Waals surface area contributed by atoms with Gasteiger partial charge in [0.05, 0.1) is 6.61 Å². The summed E-state index contributed by atoms with van der Waals surface area (Å²) in [5, 5.41) is 8.97. The molecule has 1 atom stereocenters. The van der Waals surface area contributed by atoms with E-state index in [1.165, 1.54) is 0 Å². The summed E-state index contributed by atoms with van der Waals surface area (Å²) in [6, 6.07) is 0. The summed E-state index contributed by atoms with van der Waals surface area (Å²) >= 11 is 0. The molecule has 0 aromatic heterocycles. The first kappa shape index (κ1) is 9.26. The highest BCUT2D eigenvalue weighted by Crippen LogP contribution is 2.28. The fourth-order valence-corrected chi connectivity index (χ4v) is 1.29. The Balaban J connectivity index is 2.92. The van der Waals surface area contributed by atoms with E-state index in [1.807, 2.05) is 6.92 Å². The van der Waals surface area contributed by atoms with Crippen molar-refractivity contribution in [3.63, 3.8) is 0 Å². The molecule has 1 unspecified atom stereocenters. The summed E-state index contributed by atoms with van der Waals surface area (Å²) in [5.41, 5.74) is 0.962. The van der Waals surface area contributed by atoms with Crippen LogP contribution in [0.4, 0.5) is 0 Å². The first-order valence-corrected chi connectivity index (χ1v) is 3.99. The Hall–Kier alpha value is -0.830. The molecule has 1 aliphatic rings. The number of esters is 1. The molecule has 68 valence electrons. The normalized spacial score (nSPS) is 30.5. The molecule has 0 fully saturated rings. The molecule has 0 aliphatic carbocycles. The van der Waals surface area contributed by atoms with Crippen molar-refractivity contribution in [2.24, 2.45) is 0 Å². The Morgan fingerprint density at radius 1 is 1.58 bits per heavy atom.